The van der Waals surface area contributed by atoms with Gasteiger partial charge in [-0.25, -0.2) is 5.10 Å². The Hall–Kier alpha value is -2.21. The lowest BCUT2D eigenvalue weighted by atomic mass is 10.1. The average Bonchev–Trinajstić information content (AvgIpc) is 2.50. The predicted molar refractivity (Wildman–Crippen MR) is 78.1 cm³/mol. The Morgan fingerprint density at radius 1 is 1.43 bits per heavy atom. The minimum absolute atomic E-state index is 0.00912. The fraction of sp³-hybridized carbons (Fsp3) is 0.400. The van der Waals surface area contributed by atoms with Crippen LogP contribution in [0.15, 0.2) is 29.1 Å². The lowest BCUT2D eigenvalue weighted by molar-refractivity contribution is -0.137. The fourth-order valence-corrected chi connectivity index (χ4v) is 2.61. The Balaban J connectivity index is 1.86. The molecule has 110 valence electrons. The highest BCUT2D eigenvalue weighted by molar-refractivity contribution is 5.88. The first-order valence-electron chi connectivity index (χ1n) is 7.01. The summed E-state index contributed by atoms with van der Waals surface area (Å²) in [6, 6.07) is 7.20. The van der Waals surface area contributed by atoms with Crippen molar-refractivity contribution in [1.29, 1.82) is 0 Å². The van der Waals surface area contributed by atoms with Crippen LogP contribution < -0.4 is 5.56 Å². The van der Waals surface area contributed by atoms with Crippen LogP contribution >= 0.6 is 0 Å². The van der Waals surface area contributed by atoms with E-state index in [9.17, 15) is 9.59 Å². The predicted octanol–water partition coefficient (Wildman–Crippen LogP) is 0.713. The standard InChI is InChI=1S/C15H17N3O3/c1-10-9-18(6-7-21-10)14(19)8-13-11-4-2-3-5-12(11)15(20)17-16-13/h2-5,10H,6-9H2,1H3,(H,17,20)/t10-/m1/s1. The highest BCUT2D eigenvalue weighted by Gasteiger charge is 2.22. The van der Waals surface area contributed by atoms with E-state index in [-0.39, 0.29) is 24.0 Å². The zero-order chi connectivity index (χ0) is 14.8. The molecule has 1 atom stereocenters. The first-order chi connectivity index (χ1) is 10.1. The van der Waals surface area contributed by atoms with E-state index in [1.165, 1.54) is 0 Å². The number of rotatable bonds is 2. The van der Waals surface area contributed by atoms with E-state index in [0.29, 0.717) is 30.8 Å². The normalized spacial score (nSPS) is 18.9. The van der Waals surface area contributed by atoms with Crippen molar-refractivity contribution in [3.63, 3.8) is 0 Å². The number of nitrogens with one attached hydrogen (secondary N) is 1. The minimum atomic E-state index is -0.234. The Bertz CT molecular complexity index is 725. The number of amides is 1. The third-order valence-electron chi connectivity index (χ3n) is 3.69. The van der Waals surface area contributed by atoms with Gasteiger partial charge in [0.15, 0.2) is 0 Å². The van der Waals surface area contributed by atoms with Gasteiger partial charge in [-0.1, -0.05) is 18.2 Å². The Labute approximate surface area is 121 Å². The zero-order valence-corrected chi connectivity index (χ0v) is 11.8. The van der Waals surface area contributed by atoms with Crippen LogP contribution in [0.2, 0.25) is 0 Å². The zero-order valence-electron chi connectivity index (χ0n) is 11.8. The van der Waals surface area contributed by atoms with E-state index in [2.05, 4.69) is 10.2 Å². The number of fused-ring (bicyclic) bond motifs is 1. The smallest absolute Gasteiger partial charge is 0.272 e. The van der Waals surface area contributed by atoms with Gasteiger partial charge in [0, 0.05) is 18.5 Å². The molecule has 6 heteroatoms. The van der Waals surface area contributed by atoms with Gasteiger partial charge in [-0.05, 0) is 13.0 Å². The minimum Gasteiger partial charge on any atom is -0.375 e. The van der Waals surface area contributed by atoms with Gasteiger partial charge in [0.2, 0.25) is 5.91 Å². The molecule has 21 heavy (non-hydrogen) atoms. The van der Waals surface area contributed by atoms with E-state index in [1.54, 1.807) is 17.0 Å². The lowest BCUT2D eigenvalue weighted by Crippen LogP contribution is -2.45. The van der Waals surface area contributed by atoms with Gasteiger partial charge in [-0.15, -0.1) is 0 Å². The lowest BCUT2D eigenvalue weighted by Gasteiger charge is -2.31. The second-order valence-electron chi connectivity index (χ2n) is 5.24. The van der Waals surface area contributed by atoms with E-state index >= 15 is 0 Å². The van der Waals surface area contributed by atoms with Crippen LogP contribution in [0.3, 0.4) is 0 Å². The van der Waals surface area contributed by atoms with Crippen LogP contribution in [0.1, 0.15) is 12.6 Å². The van der Waals surface area contributed by atoms with E-state index in [4.69, 9.17) is 4.74 Å². The Morgan fingerprint density at radius 2 is 2.19 bits per heavy atom. The molecular formula is C15H17N3O3. The van der Waals surface area contributed by atoms with Gasteiger partial charge >= 0.3 is 0 Å². The van der Waals surface area contributed by atoms with Crippen molar-refractivity contribution in [2.24, 2.45) is 0 Å². The van der Waals surface area contributed by atoms with Gasteiger partial charge < -0.3 is 9.64 Å². The molecule has 3 rings (SSSR count). The summed E-state index contributed by atoms with van der Waals surface area (Å²) in [4.78, 5) is 25.9. The van der Waals surface area contributed by atoms with Crippen molar-refractivity contribution in [2.75, 3.05) is 19.7 Å². The summed E-state index contributed by atoms with van der Waals surface area (Å²) in [6.07, 6.45) is 0.243. The number of aromatic nitrogens is 2. The highest BCUT2D eigenvalue weighted by atomic mass is 16.5. The summed E-state index contributed by atoms with van der Waals surface area (Å²) in [5.74, 6) is 0.00912. The molecule has 1 aromatic carbocycles. The van der Waals surface area contributed by atoms with E-state index in [1.807, 2.05) is 19.1 Å². The molecule has 2 aromatic rings. The van der Waals surface area contributed by atoms with Crippen molar-refractivity contribution >= 4 is 16.7 Å². The van der Waals surface area contributed by atoms with Crippen LogP contribution in [0.25, 0.3) is 10.8 Å². The molecule has 2 heterocycles. The number of benzene rings is 1. The molecule has 1 aliphatic heterocycles. The molecule has 1 aliphatic rings. The molecule has 0 saturated carbocycles. The molecule has 0 bridgehead atoms. The van der Waals surface area contributed by atoms with Crippen LogP contribution in [0.4, 0.5) is 0 Å². The van der Waals surface area contributed by atoms with Gasteiger partial charge in [-0.2, -0.15) is 5.10 Å². The number of morpholine rings is 1. The number of nitrogens with zero attached hydrogens (tertiary/aromatic N) is 2. The van der Waals surface area contributed by atoms with Crippen LogP contribution in [-0.4, -0.2) is 46.8 Å². The number of carbonyl (C=O) groups is 1. The second kappa shape index (κ2) is 5.65. The molecule has 6 nitrogen and oxygen atoms in total. The van der Waals surface area contributed by atoms with Crippen molar-refractivity contribution in [3.8, 4) is 0 Å². The molecule has 1 aromatic heterocycles. The van der Waals surface area contributed by atoms with Crippen molar-refractivity contribution in [2.45, 2.75) is 19.4 Å². The summed E-state index contributed by atoms with van der Waals surface area (Å²) in [6.45, 7) is 3.71. The van der Waals surface area contributed by atoms with Crippen LogP contribution in [0, 0.1) is 0 Å². The van der Waals surface area contributed by atoms with E-state index < -0.39 is 0 Å². The van der Waals surface area contributed by atoms with Gasteiger partial charge in [0.25, 0.3) is 5.56 Å². The Morgan fingerprint density at radius 3 is 2.95 bits per heavy atom. The molecule has 1 fully saturated rings. The number of ether oxygens (including phenoxy) is 1. The first-order valence-corrected chi connectivity index (χ1v) is 7.01. The third kappa shape index (κ3) is 2.80. The summed E-state index contributed by atoms with van der Waals surface area (Å²) in [5, 5.41) is 7.80. The summed E-state index contributed by atoms with van der Waals surface area (Å²) in [5.41, 5.74) is 0.371. The largest absolute Gasteiger partial charge is 0.375 e. The Kier molecular flexibility index (Phi) is 3.70. The number of carbonyl (C=O) groups excluding carboxylic acids is 1. The fourth-order valence-electron chi connectivity index (χ4n) is 2.61. The number of H-pyrrole nitrogens is 1. The SMILES string of the molecule is C[C@@H]1CN(C(=O)Cc2n[nH]c(=O)c3ccccc23)CCO1. The van der Waals surface area contributed by atoms with Crippen LogP contribution in [-0.2, 0) is 16.0 Å². The third-order valence-corrected chi connectivity index (χ3v) is 3.69. The summed E-state index contributed by atoms with van der Waals surface area (Å²) < 4.78 is 5.44. The molecular weight excluding hydrogens is 270 g/mol. The van der Waals surface area contributed by atoms with Crippen molar-refractivity contribution in [1.82, 2.24) is 15.1 Å². The van der Waals surface area contributed by atoms with Crippen LogP contribution in [0.5, 0.6) is 0 Å². The maximum atomic E-state index is 12.4. The van der Waals surface area contributed by atoms with Gasteiger partial charge in [0.05, 0.1) is 30.2 Å². The summed E-state index contributed by atoms with van der Waals surface area (Å²) in [7, 11) is 0. The monoisotopic (exact) mass is 287 g/mol. The molecule has 0 aliphatic carbocycles. The number of hydrogen-bond donors (Lipinski definition) is 1. The molecule has 0 spiro atoms. The average molecular weight is 287 g/mol. The summed E-state index contributed by atoms with van der Waals surface area (Å²) >= 11 is 0. The highest BCUT2D eigenvalue weighted by Crippen LogP contribution is 2.14. The molecule has 0 unspecified atom stereocenters. The number of hydrogen-bond acceptors (Lipinski definition) is 4. The maximum absolute atomic E-state index is 12.4. The van der Waals surface area contributed by atoms with E-state index in [0.717, 1.165) is 5.39 Å². The number of aromatic amines is 1. The molecule has 1 N–H and O–H groups in total. The van der Waals surface area contributed by atoms with Gasteiger partial charge in [0.1, 0.15) is 0 Å². The van der Waals surface area contributed by atoms with Gasteiger partial charge in [-0.3, -0.25) is 9.59 Å². The molecule has 1 amide bonds. The second-order valence-corrected chi connectivity index (χ2v) is 5.24. The maximum Gasteiger partial charge on any atom is 0.272 e. The van der Waals surface area contributed by atoms with Crippen molar-refractivity contribution in [3.05, 3.63) is 40.3 Å². The molecule has 1 saturated heterocycles. The van der Waals surface area contributed by atoms with Crippen molar-refractivity contribution < 1.29 is 9.53 Å². The first kappa shape index (κ1) is 13.8. The quantitative estimate of drug-likeness (QED) is 0.883. The topological polar surface area (TPSA) is 75.3 Å². The molecule has 0 radical (unpaired) electrons.